The van der Waals surface area contributed by atoms with Gasteiger partial charge in [0.15, 0.2) is 5.13 Å². The first-order chi connectivity index (χ1) is 13.5. The van der Waals surface area contributed by atoms with Crippen LogP contribution in [0.25, 0.3) is 10.2 Å². The Bertz CT molecular complexity index is 949. The van der Waals surface area contributed by atoms with Gasteiger partial charge in [-0.05, 0) is 50.3 Å². The van der Waals surface area contributed by atoms with Crippen molar-refractivity contribution in [2.75, 3.05) is 18.1 Å². The third kappa shape index (κ3) is 3.96. The van der Waals surface area contributed by atoms with E-state index < -0.39 is 0 Å². The van der Waals surface area contributed by atoms with E-state index in [1.165, 1.54) is 11.1 Å². The quantitative estimate of drug-likeness (QED) is 0.613. The van der Waals surface area contributed by atoms with Crippen LogP contribution < -0.4 is 4.90 Å². The molecular weight excluding hydrogens is 368 g/mol. The Hall–Kier alpha value is -2.24. The Morgan fingerprint density at radius 1 is 1.14 bits per heavy atom. The molecule has 1 aliphatic rings. The largest absolute Gasteiger partial charge is 0.376 e. The van der Waals surface area contributed by atoms with Crippen molar-refractivity contribution in [1.29, 1.82) is 0 Å². The normalized spacial score (nSPS) is 16.6. The maximum Gasteiger partial charge on any atom is 0.233 e. The molecule has 0 spiro atoms. The number of carbonyl (C=O) groups excluding carboxylic acids is 1. The van der Waals surface area contributed by atoms with Crippen LogP contribution in [-0.2, 0) is 16.0 Å². The van der Waals surface area contributed by atoms with E-state index in [0.29, 0.717) is 13.0 Å². The van der Waals surface area contributed by atoms with Gasteiger partial charge in [0.2, 0.25) is 5.91 Å². The Balaban J connectivity index is 1.66. The second-order valence-electron chi connectivity index (χ2n) is 7.68. The molecule has 0 aliphatic carbocycles. The van der Waals surface area contributed by atoms with Crippen molar-refractivity contribution in [1.82, 2.24) is 4.98 Å². The van der Waals surface area contributed by atoms with Crippen LogP contribution in [0.2, 0.25) is 0 Å². The Kier molecular flexibility index (Phi) is 5.47. The molecule has 0 bridgehead atoms. The van der Waals surface area contributed by atoms with Gasteiger partial charge in [0.25, 0.3) is 0 Å². The van der Waals surface area contributed by atoms with Crippen LogP contribution in [0, 0.1) is 20.8 Å². The molecule has 0 saturated carbocycles. The van der Waals surface area contributed by atoms with Crippen molar-refractivity contribution < 1.29 is 9.53 Å². The van der Waals surface area contributed by atoms with E-state index in [0.717, 1.165) is 45.9 Å². The topological polar surface area (TPSA) is 42.4 Å². The Labute approximate surface area is 170 Å². The summed E-state index contributed by atoms with van der Waals surface area (Å²) in [6, 6.07) is 12.4. The van der Waals surface area contributed by atoms with Gasteiger partial charge in [-0.25, -0.2) is 4.98 Å². The standard InChI is InChI=1S/C23H26N2O2S/c1-15-6-10-18(11-7-15)13-20(26)25(14-19-5-4-12-27-19)23-24-21-16(2)8-9-17(3)22(21)28-23/h6-11,19H,4-5,12-14H2,1-3H3. The van der Waals surface area contributed by atoms with E-state index >= 15 is 0 Å². The van der Waals surface area contributed by atoms with Crippen molar-refractivity contribution in [3.05, 3.63) is 58.7 Å². The molecule has 5 heteroatoms. The summed E-state index contributed by atoms with van der Waals surface area (Å²) in [7, 11) is 0. The van der Waals surface area contributed by atoms with Crippen LogP contribution in [0.4, 0.5) is 5.13 Å². The fourth-order valence-corrected chi connectivity index (χ4v) is 4.76. The highest BCUT2D eigenvalue weighted by Gasteiger charge is 2.26. The van der Waals surface area contributed by atoms with E-state index in [4.69, 9.17) is 9.72 Å². The molecule has 1 fully saturated rings. The summed E-state index contributed by atoms with van der Waals surface area (Å²) in [5, 5.41) is 0.778. The summed E-state index contributed by atoms with van der Waals surface area (Å²) in [5.74, 6) is 0.0775. The lowest BCUT2D eigenvalue weighted by Gasteiger charge is -2.23. The number of hydrogen-bond acceptors (Lipinski definition) is 4. The molecule has 2 heterocycles. The highest BCUT2D eigenvalue weighted by Crippen LogP contribution is 2.34. The fourth-order valence-electron chi connectivity index (χ4n) is 3.62. The van der Waals surface area contributed by atoms with Gasteiger partial charge in [-0.1, -0.05) is 53.3 Å². The van der Waals surface area contributed by atoms with Crippen molar-refractivity contribution in [2.45, 2.75) is 46.1 Å². The van der Waals surface area contributed by atoms with E-state index in [9.17, 15) is 4.79 Å². The van der Waals surface area contributed by atoms with Crippen molar-refractivity contribution in [3.63, 3.8) is 0 Å². The molecule has 1 aliphatic heterocycles. The number of aromatic nitrogens is 1. The van der Waals surface area contributed by atoms with Gasteiger partial charge in [-0.2, -0.15) is 0 Å². The zero-order valence-corrected chi connectivity index (χ0v) is 17.5. The van der Waals surface area contributed by atoms with Gasteiger partial charge in [0, 0.05) is 6.61 Å². The molecule has 1 unspecified atom stereocenters. The Morgan fingerprint density at radius 3 is 2.57 bits per heavy atom. The number of carbonyl (C=O) groups is 1. The highest BCUT2D eigenvalue weighted by molar-refractivity contribution is 7.22. The Morgan fingerprint density at radius 2 is 1.89 bits per heavy atom. The smallest absolute Gasteiger partial charge is 0.233 e. The zero-order chi connectivity index (χ0) is 19.7. The van der Waals surface area contributed by atoms with Crippen LogP contribution in [0.3, 0.4) is 0 Å². The van der Waals surface area contributed by atoms with Crippen LogP contribution in [0.5, 0.6) is 0 Å². The minimum Gasteiger partial charge on any atom is -0.376 e. The van der Waals surface area contributed by atoms with Gasteiger partial charge in [0.1, 0.15) is 0 Å². The molecule has 1 saturated heterocycles. The summed E-state index contributed by atoms with van der Waals surface area (Å²) in [5.41, 5.74) is 5.57. The molecule has 1 amide bonds. The highest BCUT2D eigenvalue weighted by atomic mass is 32.1. The molecule has 146 valence electrons. The third-order valence-corrected chi connectivity index (χ3v) is 6.56. The van der Waals surface area contributed by atoms with Crippen LogP contribution in [0.1, 0.15) is 35.1 Å². The second kappa shape index (κ2) is 8.02. The predicted molar refractivity (Wildman–Crippen MR) is 115 cm³/mol. The van der Waals surface area contributed by atoms with Gasteiger partial charge in [-0.3, -0.25) is 9.69 Å². The molecule has 3 aromatic rings. The SMILES string of the molecule is Cc1ccc(CC(=O)N(CC2CCCO2)c2nc3c(C)ccc(C)c3s2)cc1. The molecular formula is C23H26N2O2S. The summed E-state index contributed by atoms with van der Waals surface area (Å²) >= 11 is 1.61. The predicted octanol–water partition coefficient (Wildman–Crippen LogP) is 4.98. The zero-order valence-electron chi connectivity index (χ0n) is 16.7. The number of benzene rings is 2. The molecule has 4 rings (SSSR count). The van der Waals surface area contributed by atoms with E-state index in [-0.39, 0.29) is 12.0 Å². The summed E-state index contributed by atoms with van der Waals surface area (Å²) < 4.78 is 6.99. The minimum absolute atomic E-state index is 0.0775. The first kappa shape index (κ1) is 19.1. The summed E-state index contributed by atoms with van der Waals surface area (Å²) in [6.45, 7) is 7.58. The lowest BCUT2D eigenvalue weighted by Crippen LogP contribution is -2.38. The maximum absolute atomic E-state index is 13.3. The van der Waals surface area contributed by atoms with Crippen molar-refractivity contribution in [2.24, 2.45) is 0 Å². The van der Waals surface area contributed by atoms with Gasteiger partial charge >= 0.3 is 0 Å². The van der Waals surface area contributed by atoms with Gasteiger partial charge in [0.05, 0.1) is 29.3 Å². The number of nitrogens with zero attached hydrogens (tertiary/aromatic N) is 2. The molecule has 1 aromatic heterocycles. The summed E-state index contributed by atoms with van der Waals surface area (Å²) in [6.07, 6.45) is 2.53. The average molecular weight is 395 g/mol. The van der Waals surface area contributed by atoms with Crippen molar-refractivity contribution >= 4 is 32.6 Å². The molecule has 2 aromatic carbocycles. The van der Waals surface area contributed by atoms with Crippen LogP contribution in [-0.4, -0.2) is 30.1 Å². The van der Waals surface area contributed by atoms with Crippen LogP contribution >= 0.6 is 11.3 Å². The van der Waals surface area contributed by atoms with Gasteiger partial charge < -0.3 is 4.74 Å². The monoisotopic (exact) mass is 394 g/mol. The number of fused-ring (bicyclic) bond motifs is 1. The average Bonchev–Trinajstić information content (AvgIpc) is 3.35. The molecule has 28 heavy (non-hydrogen) atoms. The maximum atomic E-state index is 13.3. The number of anilines is 1. The molecule has 4 nitrogen and oxygen atoms in total. The number of thiazole rings is 1. The van der Waals surface area contributed by atoms with E-state index in [1.807, 2.05) is 17.0 Å². The number of amides is 1. The number of rotatable bonds is 5. The first-order valence-corrected chi connectivity index (χ1v) is 10.7. The molecule has 0 N–H and O–H groups in total. The number of aryl methyl sites for hydroxylation is 3. The fraction of sp³-hybridized carbons (Fsp3) is 0.391. The molecule has 1 atom stereocenters. The van der Waals surface area contributed by atoms with Crippen LogP contribution in [0.15, 0.2) is 36.4 Å². The molecule has 0 radical (unpaired) electrons. The van der Waals surface area contributed by atoms with E-state index in [2.05, 4.69) is 45.0 Å². The van der Waals surface area contributed by atoms with Crippen molar-refractivity contribution in [3.8, 4) is 0 Å². The lowest BCUT2D eigenvalue weighted by atomic mass is 10.1. The van der Waals surface area contributed by atoms with Gasteiger partial charge in [-0.15, -0.1) is 0 Å². The number of hydrogen-bond donors (Lipinski definition) is 0. The van der Waals surface area contributed by atoms with E-state index in [1.54, 1.807) is 11.3 Å². The minimum atomic E-state index is 0.0775. The number of ether oxygens (including phenoxy) is 1. The summed E-state index contributed by atoms with van der Waals surface area (Å²) in [4.78, 5) is 20.0. The lowest BCUT2D eigenvalue weighted by molar-refractivity contribution is -0.118. The first-order valence-electron chi connectivity index (χ1n) is 9.85. The second-order valence-corrected chi connectivity index (χ2v) is 8.65. The third-order valence-electron chi connectivity index (χ3n) is 5.35.